The van der Waals surface area contributed by atoms with Crippen LogP contribution < -0.4 is 5.32 Å². The van der Waals surface area contributed by atoms with E-state index in [9.17, 15) is 5.11 Å². The van der Waals surface area contributed by atoms with Crippen LogP contribution in [0.5, 0.6) is 0 Å². The van der Waals surface area contributed by atoms with Gasteiger partial charge in [-0.3, -0.25) is 4.98 Å². The number of aromatic nitrogens is 1. The van der Waals surface area contributed by atoms with Crippen molar-refractivity contribution in [2.24, 2.45) is 5.92 Å². The van der Waals surface area contributed by atoms with Crippen LogP contribution in [0.4, 0.5) is 0 Å². The normalized spacial score (nSPS) is 17.7. The quantitative estimate of drug-likeness (QED) is 0.762. The fourth-order valence-corrected chi connectivity index (χ4v) is 1.68. The minimum atomic E-state index is -0.165. The molecule has 3 heteroatoms. The molecule has 0 radical (unpaired) electrons. The van der Waals surface area contributed by atoms with Gasteiger partial charge in [-0.2, -0.15) is 0 Å². The van der Waals surface area contributed by atoms with Crippen LogP contribution in [-0.2, 0) is 6.54 Å². The van der Waals surface area contributed by atoms with Gasteiger partial charge in [0.05, 0.1) is 6.10 Å². The van der Waals surface area contributed by atoms with Crippen LogP contribution in [0.25, 0.3) is 0 Å². The van der Waals surface area contributed by atoms with Crippen molar-refractivity contribution in [3.63, 3.8) is 0 Å². The Morgan fingerprint density at radius 1 is 1.60 bits per heavy atom. The Labute approximate surface area is 90.5 Å². The fraction of sp³-hybridized carbons (Fsp3) is 0.583. The lowest BCUT2D eigenvalue weighted by Crippen LogP contribution is -2.28. The number of hydrogen-bond acceptors (Lipinski definition) is 3. The molecule has 2 rings (SSSR count). The molecule has 0 amide bonds. The van der Waals surface area contributed by atoms with E-state index in [1.54, 1.807) is 6.20 Å². The predicted octanol–water partition coefficient (Wildman–Crippen LogP) is 1.25. The Hall–Kier alpha value is -0.930. The summed E-state index contributed by atoms with van der Waals surface area (Å²) >= 11 is 0. The molecular weight excluding hydrogens is 188 g/mol. The first-order chi connectivity index (χ1) is 7.27. The Morgan fingerprint density at radius 2 is 2.40 bits per heavy atom. The van der Waals surface area contributed by atoms with Crippen molar-refractivity contribution in [1.29, 1.82) is 0 Å². The SMILES string of the molecule is Cc1ccncc1CNCC(O)C1CC1. The average Bonchev–Trinajstić information content (AvgIpc) is 3.04. The smallest absolute Gasteiger partial charge is 0.0692 e. The third-order valence-corrected chi connectivity index (χ3v) is 2.98. The van der Waals surface area contributed by atoms with Gasteiger partial charge in [-0.05, 0) is 42.9 Å². The molecule has 1 aromatic rings. The minimum absolute atomic E-state index is 0.165. The molecule has 0 saturated heterocycles. The van der Waals surface area contributed by atoms with Crippen LogP contribution in [-0.4, -0.2) is 22.7 Å². The summed E-state index contributed by atoms with van der Waals surface area (Å²) in [7, 11) is 0. The number of rotatable bonds is 5. The van der Waals surface area contributed by atoms with Crippen LogP contribution in [0.2, 0.25) is 0 Å². The number of nitrogens with one attached hydrogen (secondary N) is 1. The molecule has 0 bridgehead atoms. The van der Waals surface area contributed by atoms with Gasteiger partial charge in [0.2, 0.25) is 0 Å². The van der Waals surface area contributed by atoms with Crippen LogP contribution in [0, 0.1) is 12.8 Å². The van der Waals surface area contributed by atoms with Gasteiger partial charge in [-0.1, -0.05) is 0 Å². The Morgan fingerprint density at radius 3 is 3.07 bits per heavy atom. The summed E-state index contributed by atoms with van der Waals surface area (Å²) in [4.78, 5) is 4.09. The maximum atomic E-state index is 9.66. The number of hydrogen-bond donors (Lipinski definition) is 2. The molecule has 1 saturated carbocycles. The van der Waals surface area contributed by atoms with Gasteiger partial charge in [0.1, 0.15) is 0 Å². The fourth-order valence-electron chi connectivity index (χ4n) is 1.68. The molecule has 1 unspecified atom stereocenters. The van der Waals surface area contributed by atoms with E-state index >= 15 is 0 Å². The molecule has 1 aromatic heterocycles. The van der Waals surface area contributed by atoms with Crippen LogP contribution >= 0.6 is 0 Å². The molecule has 3 nitrogen and oxygen atoms in total. The number of aryl methyl sites for hydroxylation is 1. The second-order valence-electron chi connectivity index (χ2n) is 4.34. The number of pyridine rings is 1. The first kappa shape index (κ1) is 10.6. The molecule has 0 spiro atoms. The number of aliphatic hydroxyl groups excluding tert-OH is 1. The Kier molecular flexibility index (Phi) is 3.34. The second-order valence-corrected chi connectivity index (χ2v) is 4.34. The zero-order valence-electron chi connectivity index (χ0n) is 9.11. The summed E-state index contributed by atoms with van der Waals surface area (Å²) < 4.78 is 0. The van der Waals surface area contributed by atoms with Gasteiger partial charge >= 0.3 is 0 Å². The van der Waals surface area contributed by atoms with E-state index in [1.165, 1.54) is 24.0 Å². The van der Waals surface area contributed by atoms with Crippen molar-refractivity contribution in [1.82, 2.24) is 10.3 Å². The van der Waals surface area contributed by atoms with E-state index in [2.05, 4.69) is 17.2 Å². The molecule has 15 heavy (non-hydrogen) atoms. The van der Waals surface area contributed by atoms with Crippen molar-refractivity contribution < 1.29 is 5.11 Å². The molecule has 1 heterocycles. The minimum Gasteiger partial charge on any atom is -0.392 e. The molecule has 1 fully saturated rings. The van der Waals surface area contributed by atoms with Gasteiger partial charge in [-0.25, -0.2) is 0 Å². The largest absolute Gasteiger partial charge is 0.392 e. The highest BCUT2D eigenvalue weighted by Crippen LogP contribution is 2.32. The number of nitrogens with zero attached hydrogens (tertiary/aromatic N) is 1. The standard InChI is InChI=1S/C12H18N2O/c1-9-4-5-13-6-11(9)7-14-8-12(15)10-2-3-10/h4-6,10,12,14-15H,2-3,7-8H2,1H3. The zero-order valence-corrected chi connectivity index (χ0v) is 9.11. The van der Waals surface area contributed by atoms with Crippen molar-refractivity contribution in [3.05, 3.63) is 29.6 Å². The summed E-state index contributed by atoms with van der Waals surface area (Å²) in [6.07, 6.45) is 5.90. The summed E-state index contributed by atoms with van der Waals surface area (Å²) in [5.74, 6) is 0.549. The van der Waals surface area contributed by atoms with Crippen molar-refractivity contribution in [3.8, 4) is 0 Å². The first-order valence-electron chi connectivity index (χ1n) is 5.55. The van der Waals surface area contributed by atoms with Crippen LogP contribution in [0.3, 0.4) is 0 Å². The predicted molar refractivity (Wildman–Crippen MR) is 59.4 cm³/mol. The second kappa shape index (κ2) is 4.73. The molecular formula is C12H18N2O. The maximum absolute atomic E-state index is 9.66. The summed E-state index contributed by atoms with van der Waals surface area (Å²) in [5, 5.41) is 12.9. The van der Waals surface area contributed by atoms with Gasteiger partial charge in [0, 0.05) is 25.5 Å². The summed E-state index contributed by atoms with van der Waals surface area (Å²) in [5.41, 5.74) is 2.46. The van der Waals surface area contributed by atoms with E-state index in [4.69, 9.17) is 0 Å². The molecule has 1 aliphatic rings. The summed E-state index contributed by atoms with van der Waals surface area (Å²) in [6, 6.07) is 2.01. The third kappa shape index (κ3) is 3.01. The van der Waals surface area contributed by atoms with E-state index < -0.39 is 0 Å². The van der Waals surface area contributed by atoms with Crippen LogP contribution in [0.15, 0.2) is 18.5 Å². The molecule has 0 aromatic carbocycles. The van der Waals surface area contributed by atoms with E-state index in [0.29, 0.717) is 12.5 Å². The molecule has 2 N–H and O–H groups in total. The maximum Gasteiger partial charge on any atom is 0.0692 e. The first-order valence-corrected chi connectivity index (χ1v) is 5.55. The van der Waals surface area contributed by atoms with Gasteiger partial charge in [-0.15, -0.1) is 0 Å². The lowest BCUT2D eigenvalue weighted by atomic mass is 10.1. The van der Waals surface area contributed by atoms with Crippen LogP contribution in [0.1, 0.15) is 24.0 Å². The molecule has 0 aliphatic heterocycles. The number of aliphatic hydroxyl groups is 1. The molecule has 82 valence electrons. The molecule has 1 aliphatic carbocycles. The topological polar surface area (TPSA) is 45.2 Å². The highest BCUT2D eigenvalue weighted by atomic mass is 16.3. The highest BCUT2D eigenvalue weighted by molar-refractivity contribution is 5.20. The van der Waals surface area contributed by atoms with E-state index in [0.717, 1.165) is 6.54 Å². The van der Waals surface area contributed by atoms with Gasteiger partial charge < -0.3 is 10.4 Å². The van der Waals surface area contributed by atoms with Gasteiger partial charge in [0.15, 0.2) is 0 Å². The summed E-state index contributed by atoms with van der Waals surface area (Å²) in [6.45, 7) is 3.57. The lowest BCUT2D eigenvalue weighted by molar-refractivity contribution is 0.148. The zero-order chi connectivity index (χ0) is 10.7. The Balaban J connectivity index is 1.75. The monoisotopic (exact) mass is 206 g/mol. The average molecular weight is 206 g/mol. The van der Waals surface area contributed by atoms with Crippen molar-refractivity contribution in [2.75, 3.05) is 6.54 Å². The Bertz CT molecular complexity index is 323. The van der Waals surface area contributed by atoms with Gasteiger partial charge in [0.25, 0.3) is 0 Å². The highest BCUT2D eigenvalue weighted by Gasteiger charge is 2.28. The van der Waals surface area contributed by atoms with Crippen molar-refractivity contribution in [2.45, 2.75) is 32.4 Å². The van der Waals surface area contributed by atoms with Crippen molar-refractivity contribution >= 4 is 0 Å². The lowest BCUT2D eigenvalue weighted by Gasteiger charge is -2.11. The van der Waals surface area contributed by atoms with E-state index in [-0.39, 0.29) is 6.10 Å². The third-order valence-electron chi connectivity index (χ3n) is 2.98. The molecule has 1 atom stereocenters. The van der Waals surface area contributed by atoms with E-state index in [1.807, 2.05) is 12.3 Å².